The van der Waals surface area contributed by atoms with Gasteiger partial charge in [0.2, 0.25) is 0 Å². The van der Waals surface area contributed by atoms with Gasteiger partial charge in [0, 0.05) is 12.2 Å². The third kappa shape index (κ3) is 22.1. The standard InChI is InChI=1S/C16H33NO2.C4H4O4/c1-4-5-6-7-8-9-10-11-12-13-14-17(3)15(2)16(18)19;5-3(6)1-2-4(7)8/h15H,4-14H2,1-3H3,(H,18,19);1-2H,(H,5,6)(H,7,8)/b;2-1-. The van der Waals surface area contributed by atoms with Gasteiger partial charge in [0.05, 0.1) is 0 Å². The van der Waals surface area contributed by atoms with E-state index in [4.69, 9.17) is 15.3 Å². The van der Waals surface area contributed by atoms with Crippen LogP contribution in [0.3, 0.4) is 0 Å². The Balaban J connectivity index is 0. The van der Waals surface area contributed by atoms with E-state index in [1.54, 1.807) is 6.92 Å². The molecule has 0 bridgehead atoms. The number of carboxylic acids is 3. The van der Waals surface area contributed by atoms with E-state index in [0.29, 0.717) is 12.2 Å². The lowest BCUT2D eigenvalue weighted by Crippen LogP contribution is -2.36. The topological polar surface area (TPSA) is 115 Å². The van der Waals surface area contributed by atoms with Gasteiger partial charge in [0.25, 0.3) is 0 Å². The molecule has 0 aliphatic heterocycles. The van der Waals surface area contributed by atoms with Crippen LogP contribution < -0.4 is 0 Å². The van der Waals surface area contributed by atoms with Crippen molar-refractivity contribution in [3.63, 3.8) is 0 Å². The van der Waals surface area contributed by atoms with Crippen molar-refractivity contribution in [2.75, 3.05) is 13.6 Å². The van der Waals surface area contributed by atoms with E-state index >= 15 is 0 Å². The molecule has 0 heterocycles. The van der Waals surface area contributed by atoms with Gasteiger partial charge in [0.15, 0.2) is 0 Å². The summed E-state index contributed by atoms with van der Waals surface area (Å²) in [5, 5.41) is 24.5. The van der Waals surface area contributed by atoms with Crippen molar-refractivity contribution in [2.45, 2.75) is 84.1 Å². The predicted octanol–water partition coefficient (Wildman–Crippen LogP) is 4.02. The molecule has 0 rings (SSSR count). The van der Waals surface area contributed by atoms with Crippen molar-refractivity contribution in [2.24, 2.45) is 0 Å². The smallest absolute Gasteiger partial charge is 0.328 e. The summed E-state index contributed by atoms with van der Waals surface area (Å²) < 4.78 is 0. The van der Waals surface area contributed by atoms with Crippen LogP contribution >= 0.6 is 0 Å². The zero-order chi connectivity index (χ0) is 21.1. The maximum absolute atomic E-state index is 10.8. The second-order valence-electron chi connectivity index (χ2n) is 6.69. The average Bonchev–Trinajstić information content (AvgIpc) is 2.61. The van der Waals surface area contributed by atoms with Crippen LogP contribution in [-0.4, -0.2) is 57.8 Å². The summed E-state index contributed by atoms with van der Waals surface area (Å²) in [5.41, 5.74) is 0. The molecule has 0 saturated heterocycles. The monoisotopic (exact) mass is 387 g/mol. The largest absolute Gasteiger partial charge is 0.480 e. The molecular weight excluding hydrogens is 350 g/mol. The molecule has 0 fully saturated rings. The molecule has 0 saturated carbocycles. The molecule has 0 aromatic rings. The van der Waals surface area contributed by atoms with Crippen LogP contribution in [0.5, 0.6) is 0 Å². The molecule has 158 valence electrons. The van der Waals surface area contributed by atoms with Gasteiger partial charge in [-0.1, -0.05) is 64.7 Å². The number of carboxylic acid groups (broad SMARTS) is 3. The second kappa shape index (κ2) is 18.9. The molecule has 1 unspecified atom stereocenters. The van der Waals surface area contributed by atoms with Crippen molar-refractivity contribution in [3.8, 4) is 0 Å². The summed E-state index contributed by atoms with van der Waals surface area (Å²) in [4.78, 5) is 31.8. The second-order valence-corrected chi connectivity index (χ2v) is 6.69. The Bertz CT molecular complexity index is 420. The fraction of sp³-hybridized carbons (Fsp3) is 0.750. The maximum atomic E-state index is 10.8. The number of likely N-dealkylation sites (N-methyl/N-ethyl adjacent to an activating group) is 1. The first-order valence-electron chi connectivity index (χ1n) is 9.79. The van der Waals surface area contributed by atoms with Gasteiger partial charge >= 0.3 is 17.9 Å². The van der Waals surface area contributed by atoms with Gasteiger partial charge in [-0.3, -0.25) is 9.69 Å². The number of aliphatic carboxylic acids is 3. The molecule has 0 spiro atoms. The number of nitrogens with zero attached hydrogens (tertiary/aromatic N) is 1. The molecule has 0 aromatic carbocycles. The van der Waals surface area contributed by atoms with Crippen molar-refractivity contribution in [3.05, 3.63) is 12.2 Å². The summed E-state index contributed by atoms with van der Waals surface area (Å²) in [6, 6.07) is -0.362. The fourth-order valence-electron chi connectivity index (χ4n) is 2.37. The van der Waals surface area contributed by atoms with Crippen molar-refractivity contribution >= 4 is 17.9 Å². The highest BCUT2D eigenvalue weighted by molar-refractivity contribution is 5.89. The van der Waals surface area contributed by atoms with E-state index in [9.17, 15) is 14.4 Å². The van der Waals surface area contributed by atoms with E-state index in [1.807, 2.05) is 11.9 Å². The summed E-state index contributed by atoms with van der Waals surface area (Å²) in [6.45, 7) is 4.89. The Labute approximate surface area is 163 Å². The summed E-state index contributed by atoms with van der Waals surface area (Å²) in [7, 11) is 1.90. The highest BCUT2D eigenvalue weighted by atomic mass is 16.4. The van der Waals surface area contributed by atoms with Crippen molar-refractivity contribution < 1.29 is 29.7 Å². The Kier molecular flexibility index (Phi) is 19.1. The van der Waals surface area contributed by atoms with Gasteiger partial charge in [-0.05, 0) is 26.9 Å². The molecule has 1 atom stereocenters. The van der Waals surface area contributed by atoms with E-state index in [1.165, 1.54) is 57.8 Å². The molecule has 0 radical (unpaired) electrons. The number of hydrogen-bond donors (Lipinski definition) is 3. The number of hydrogen-bond acceptors (Lipinski definition) is 4. The zero-order valence-electron chi connectivity index (χ0n) is 17.0. The minimum absolute atomic E-state index is 0.362. The molecule has 7 nitrogen and oxygen atoms in total. The van der Waals surface area contributed by atoms with Crippen molar-refractivity contribution in [1.29, 1.82) is 0 Å². The Morgan fingerprint density at radius 1 is 0.778 bits per heavy atom. The zero-order valence-corrected chi connectivity index (χ0v) is 17.0. The Morgan fingerprint density at radius 3 is 1.48 bits per heavy atom. The first-order chi connectivity index (χ1) is 12.7. The molecular formula is C20H37NO6. The Hall–Kier alpha value is -1.89. The minimum atomic E-state index is -1.26. The number of rotatable bonds is 15. The van der Waals surface area contributed by atoms with E-state index in [2.05, 4.69) is 6.92 Å². The van der Waals surface area contributed by atoms with Gasteiger partial charge < -0.3 is 15.3 Å². The van der Waals surface area contributed by atoms with Crippen LogP contribution in [0.2, 0.25) is 0 Å². The quantitative estimate of drug-likeness (QED) is 0.287. The molecule has 0 aromatic heterocycles. The van der Waals surface area contributed by atoms with Crippen LogP contribution in [-0.2, 0) is 14.4 Å². The van der Waals surface area contributed by atoms with Gasteiger partial charge in [0.1, 0.15) is 6.04 Å². The first-order valence-corrected chi connectivity index (χ1v) is 9.79. The SMILES string of the molecule is CCCCCCCCCCCCN(C)C(C)C(=O)O.O=C(O)/C=C\C(=O)O. The summed E-state index contributed by atoms with van der Waals surface area (Å²) in [6.07, 6.45) is 14.3. The lowest BCUT2D eigenvalue weighted by Gasteiger charge is -2.20. The lowest BCUT2D eigenvalue weighted by atomic mass is 10.1. The van der Waals surface area contributed by atoms with Crippen LogP contribution in [0, 0.1) is 0 Å². The fourth-order valence-corrected chi connectivity index (χ4v) is 2.37. The van der Waals surface area contributed by atoms with Gasteiger partial charge in [-0.25, -0.2) is 9.59 Å². The van der Waals surface area contributed by atoms with Crippen LogP contribution in [0.4, 0.5) is 0 Å². The van der Waals surface area contributed by atoms with E-state index in [0.717, 1.165) is 13.0 Å². The van der Waals surface area contributed by atoms with Gasteiger partial charge in [-0.15, -0.1) is 0 Å². The minimum Gasteiger partial charge on any atom is -0.480 e. The van der Waals surface area contributed by atoms with Crippen LogP contribution in [0.25, 0.3) is 0 Å². The predicted molar refractivity (Wildman–Crippen MR) is 106 cm³/mol. The molecule has 7 heteroatoms. The third-order valence-corrected chi connectivity index (χ3v) is 4.25. The molecule has 27 heavy (non-hydrogen) atoms. The normalized spacial score (nSPS) is 11.9. The van der Waals surface area contributed by atoms with E-state index in [-0.39, 0.29) is 6.04 Å². The van der Waals surface area contributed by atoms with Gasteiger partial charge in [-0.2, -0.15) is 0 Å². The number of carbonyl (C=O) groups is 3. The highest BCUT2D eigenvalue weighted by Crippen LogP contribution is 2.11. The lowest BCUT2D eigenvalue weighted by molar-refractivity contribution is -0.142. The Morgan fingerprint density at radius 2 is 1.15 bits per heavy atom. The molecule has 0 aliphatic rings. The molecule has 0 aliphatic carbocycles. The van der Waals surface area contributed by atoms with Crippen LogP contribution in [0.15, 0.2) is 12.2 Å². The first kappa shape index (κ1) is 27.3. The highest BCUT2D eigenvalue weighted by Gasteiger charge is 2.15. The maximum Gasteiger partial charge on any atom is 0.328 e. The van der Waals surface area contributed by atoms with E-state index < -0.39 is 17.9 Å². The van der Waals surface area contributed by atoms with Crippen LogP contribution in [0.1, 0.15) is 78.1 Å². The molecule has 0 amide bonds. The summed E-state index contributed by atoms with van der Waals surface area (Å²) >= 11 is 0. The third-order valence-electron chi connectivity index (χ3n) is 4.25. The van der Waals surface area contributed by atoms with Crippen molar-refractivity contribution in [1.82, 2.24) is 4.90 Å². The number of unbranched alkanes of at least 4 members (excludes halogenated alkanes) is 9. The average molecular weight is 388 g/mol. The summed E-state index contributed by atoms with van der Waals surface area (Å²) in [5.74, 6) is -3.24. The molecule has 3 N–H and O–H groups in total.